The van der Waals surface area contributed by atoms with Crippen LogP contribution in [0.4, 0.5) is 5.69 Å². The number of nitrogens with one attached hydrogen (secondary N) is 2. The third kappa shape index (κ3) is 7.06. The van der Waals surface area contributed by atoms with Gasteiger partial charge in [0.25, 0.3) is 5.91 Å². The Hall–Kier alpha value is -1.66. The highest BCUT2D eigenvalue weighted by Crippen LogP contribution is 2.12. The van der Waals surface area contributed by atoms with Crippen molar-refractivity contribution in [3.8, 4) is 0 Å². The summed E-state index contributed by atoms with van der Waals surface area (Å²) in [7, 11) is 4.00. The molecular weight excluding hydrogens is 268 g/mol. The first-order valence-electron chi connectivity index (χ1n) is 7.33. The third-order valence-corrected chi connectivity index (χ3v) is 2.85. The van der Waals surface area contributed by atoms with Crippen LogP contribution in [-0.2, 0) is 4.74 Å². The van der Waals surface area contributed by atoms with Crippen molar-refractivity contribution in [3.05, 3.63) is 24.0 Å². The van der Waals surface area contributed by atoms with E-state index in [1.807, 2.05) is 14.1 Å². The molecule has 118 valence electrons. The highest BCUT2D eigenvalue weighted by molar-refractivity contribution is 5.99. The van der Waals surface area contributed by atoms with E-state index in [1.165, 1.54) is 0 Å². The van der Waals surface area contributed by atoms with E-state index >= 15 is 0 Å². The van der Waals surface area contributed by atoms with Crippen LogP contribution in [0.15, 0.2) is 18.5 Å². The van der Waals surface area contributed by atoms with E-state index < -0.39 is 0 Å². The van der Waals surface area contributed by atoms with E-state index in [4.69, 9.17) is 4.74 Å². The fourth-order valence-corrected chi connectivity index (χ4v) is 1.67. The molecule has 1 aromatic heterocycles. The maximum Gasteiger partial charge on any atom is 0.253 e. The van der Waals surface area contributed by atoms with E-state index in [0.29, 0.717) is 25.3 Å². The molecule has 6 nitrogen and oxygen atoms in total. The van der Waals surface area contributed by atoms with Crippen LogP contribution < -0.4 is 10.6 Å². The maximum atomic E-state index is 12.1. The monoisotopic (exact) mass is 294 g/mol. The number of ether oxygens (including phenoxy) is 1. The van der Waals surface area contributed by atoms with Gasteiger partial charge in [0.1, 0.15) is 0 Å². The smallest absolute Gasteiger partial charge is 0.253 e. The first kappa shape index (κ1) is 17.4. The number of hydrogen-bond acceptors (Lipinski definition) is 5. The number of nitrogens with zero attached hydrogens (tertiary/aromatic N) is 2. The molecule has 0 fully saturated rings. The largest absolute Gasteiger partial charge is 0.383 e. The molecule has 2 N–H and O–H groups in total. The lowest BCUT2D eigenvalue weighted by Crippen LogP contribution is -2.29. The lowest BCUT2D eigenvalue weighted by Gasteiger charge is -2.12. The van der Waals surface area contributed by atoms with Gasteiger partial charge >= 0.3 is 0 Å². The van der Waals surface area contributed by atoms with E-state index in [0.717, 1.165) is 25.2 Å². The molecule has 0 aliphatic heterocycles. The van der Waals surface area contributed by atoms with Crippen molar-refractivity contribution in [1.29, 1.82) is 0 Å². The fraction of sp³-hybridized carbons (Fsp3) is 0.600. The molecule has 6 heteroatoms. The van der Waals surface area contributed by atoms with Gasteiger partial charge in [-0.1, -0.05) is 6.92 Å². The number of likely N-dealkylation sites (N-methyl/N-ethyl adjacent to an activating group) is 1. The summed E-state index contributed by atoms with van der Waals surface area (Å²) < 4.78 is 5.44. The molecule has 1 heterocycles. The van der Waals surface area contributed by atoms with E-state index in [1.54, 1.807) is 18.5 Å². The normalized spacial score (nSPS) is 10.7. The first-order valence-corrected chi connectivity index (χ1v) is 7.33. The molecule has 0 saturated heterocycles. The summed E-state index contributed by atoms with van der Waals surface area (Å²) in [5.74, 6) is -0.104. The molecule has 0 bridgehead atoms. The molecule has 1 rings (SSSR count). The summed E-state index contributed by atoms with van der Waals surface area (Å²) >= 11 is 0. The van der Waals surface area contributed by atoms with Gasteiger partial charge in [0.05, 0.1) is 30.7 Å². The van der Waals surface area contributed by atoms with Crippen LogP contribution in [0.3, 0.4) is 0 Å². The molecule has 0 spiro atoms. The van der Waals surface area contributed by atoms with Gasteiger partial charge in [-0.3, -0.25) is 9.78 Å². The Balaban J connectivity index is 2.34. The second-order valence-electron chi connectivity index (χ2n) is 5.02. The zero-order valence-corrected chi connectivity index (χ0v) is 13.2. The summed E-state index contributed by atoms with van der Waals surface area (Å²) in [6.45, 7) is 5.46. The topological polar surface area (TPSA) is 66.5 Å². The Morgan fingerprint density at radius 3 is 2.86 bits per heavy atom. The predicted octanol–water partition coefficient (Wildman–Crippen LogP) is 1.21. The number of pyridine rings is 1. The Bertz CT molecular complexity index is 424. The van der Waals surface area contributed by atoms with Crippen molar-refractivity contribution in [2.75, 3.05) is 52.3 Å². The Labute approximate surface area is 126 Å². The maximum absolute atomic E-state index is 12.1. The van der Waals surface area contributed by atoms with Crippen LogP contribution in [0.5, 0.6) is 0 Å². The second-order valence-corrected chi connectivity index (χ2v) is 5.02. The summed E-state index contributed by atoms with van der Waals surface area (Å²) in [5.41, 5.74) is 1.39. The van der Waals surface area contributed by atoms with Gasteiger partial charge in [-0.25, -0.2) is 0 Å². The van der Waals surface area contributed by atoms with Crippen LogP contribution >= 0.6 is 0 Å². The fourth-order valence-electron chi connectivity index (χ4n) is 1.67. The van der Waals surface area contributed by atoms with Gasteiger partial charge in [0.2, 0.25) is 0 Å². The molecule has 0 saturated carbocycles. The quantitative estimate of drug-likeness (QED) is 0.635. The van der Waals surface area contributed by atoms with E-state index in [9.17, 15) is 4.79 Å². The molecule has 0 unspecified atom stereocenters. The number of amides is 1. The minimum Gasteiger partial charge on any atom is -0.383 e. The Morgan fingerprint density at radius 2 is 2.14 bits per heavy atom. The molecule has 1 aromatic rings. The van der Waals surface area contributed by atoms with Crippen molar-refractivity contribution in [2.24, 2.45) is 0 Å². The lowest BCUT2D eigenvalue weighted by atomic mass is 10.2. The predicted molar refractivity (Wildman–Crippen MR) is 84.7 cm³/mol. The molecule has 0 aliphatic carbocycles. The minimum atomic E-state index is -0.104. The highest BCUT2D eigenvalue weighted by Gasteiger charge is 2.10. The van der Waals surface area contributed by atoms with E-state index in [-0.39, 0.29) is 5.91 Å². The van der Waals surface area contributed by atoms with Crippen molar-refractivity contribution in [3.63, 3.8) is 0 Å². The van der Waals surface area contributed by atoms with Gasteiger partial charge in [0, 0.05) is 25.8 Å². The highest BCUT2D eigenvalue weighted by atomic mass is 16.5. The van der Waals surface area contributed by atoms with Crippen molar-refractivity contribution < 1.29 is 9.53 Å². The molecule has 0 aliphatic rings. The average Bonchev–Trinajstić information content (AvgIpc) is 2.48. The number of carbonyl (C=O) groups excluding carboxylic acids is 1. The zero-order valence-electron chi connectivity index (χ0n) is 13.2. The van der Waals surface area contributed by atoms with Crippen LogP contribution in [-0.4, -0.2) is 62.7 Å². The van der Waals surface area contributed by atoms with Gasteiger partial charge in [-0.05, 0) is 26.6 Å². The summed E-state index contributed by atoms with van der Waals surface area (Å²) in [6.07, 6.45) is 4.30. The number of hydrogen-bond donors (Lipinski definition) is 2. The van der Waals surface area contributed by atoms with Crippen molar-refractivity contribution in [1.82, 2.24) is 15.2 Å². The number of aromatic nitrogens is 1. The molecule has 1 amide bonds. The Kier molecular flexibility index (Phi) is 8.38. The number of anilines is 1. The van der Waals surface area contributed by atoms with Crippen molar-refractivity contribution in [2.45, 2.75) is 13.3 Å². The summed E-state index contributed by atoms with van der Waals surface area (Å²) in [5, 5.41) is 6.07. The number of rotatable bonds is 10. The summed E-state index contributed by atoms with van der Waals surface area (Å²) in [4.78, 5) is 18.2. The van der Waals surface area contributed by atoms with Gasteiger partial charge < -0.3 is 20.3 Å². The SMILES string of the molecule is CCCNc1cnccc1C(=O)NCCOCCN(C)C. The van der Waals surface area contributed by atoms with E-state index in [2.05, 4.69) is 27.4 Å². The van der Waals surface area contributed by atoms with Crippen LogP contribution in [0.1, 0.15) is 23.7 Å². The first-order chi connectivity index (χ1) is 10.1. The average molecular weight is 294 g/mol. The van der Waals surface area contributed by atoms with Gasteiger partial charge in [-0.2, -0.15) is 0 Å². The van der Waals surface area contributed by atoms with Crippen LogP contribution in [0.25, 0.3) is 0 Å². The summed E-state index contributed by atoms with van der Waals surface area (Å²) in [6, 6.07) is 1.72. The molecule has 0 atom stereocenters. The van der Waals surface area contributed by atoms with Crippen LogP contribution in [0.2, 0.25) is 0 Å². The lowest BCUT2D eigenvalue weighted by molar-refractivity contribution is 0.0901. The second kappa shape index (κ2) is 10.1. The molecular formula is C15H26N4O2. The van der Waals surface area contributed by atoms with Gasteiger partial charge in [-0.15, -0.1) is 0 Å². The van der Waals surface area contributed by atoms with Crippen LogP contribution in [0, 0.1) is 0 Å². The zero-order chi connectivity index (χ0) is 15.5. The third-order valence-electron chi connectivity index (χ3n) is 2.85. The van der Waals surface area contributed by atoms with Crippen molar-refractivity contribution >= 4 is 11.6 Å². The number of carbonyl (C=O) groups is 1. The van der Waals surface area contributed by atoms with Gasteiger partial charge in [0.15, 0.2) is 0 Å². The minimum absolute atomic E-state index is 0.104. The Morgan fingerprint density at radius 1 is 1.33 bits per heavy atom. The standard InChI is InChI=1S/C15H26N4O2/c1-4-6-17-14-12-16-7-5-13(14)15(20)18-8-10-21-11-9-19(2)3/h5,7,12,17H,4,6,8-11H2,1-3H3,(H,18,20). The molecule has 0 radical (unpaired) electrons. The molecule has 21 heavy (non-hydrogen) atoms. The molecule has 0 aromatic carbocycles.